The van der Waals surface area contributed by atoms with Crippen molar-refractivity contribution in [3.63, 3.8) is 0 Å². The number of rotatable bonds is 2. The van der Waals surface area contributed by atoms with Crippen LogP contribution in [0.3, 0.4) is 0 Å². The summed E-state index contributed by atoms with van der Waals surface area (Å²) in [7, 11) is -0.488. The van der Waals surface area contributed by atoms with Crippen LogP contribution >= 0.6 is 23.1 Å². The van der Waals surface area contributed by atoms with Gasteiger partial charge in [-0.2, -0.15) is 0 Å². The van der Waals surface area contributed by atoms with E-state index in [0.717, 1.165) is 0 Å². The number of allylic oxidation sites excluding steroid dienone is 3. The van der Waals surface area contributed by atoms with Crippen molar-refractivity contribution in [2.24, 2.45) is 0 Å². The fourth-order valence-corrected chi connectivity index (χ4v) is 10.3. The van der Waals surface area contributed by atoms with Gasteiger partial charge >= 0.3 is 0 Å². The van der Waals surface area contributed by atoms with E-state index >= 15 is 0 Å². The molecule has 0 fully saturated rings. The fraction of sp³-hybridized carbons (Fsp3) is 0.360. The van der Waals surface area contributed by atoms with Gasteiger partial charge in [0, 0.05) is 15.3 Å². The average Bonchev–Trinajstić information content (AvgIpc) is 3.26. The van der Waals surface area contributed by atoms with Crippen molar-refractivity contribution in [2.75, 3.05) is 0 Å². The van der Waals surface area contributed by atoms with E-state index in [0.29, 0.717) is 11.2 Å². The SMILES string of the molecule is CC1=Cc2c(C)cc(C)cc2C1C1=C(C)SC2C=c3sc(C)c([Si](C)C)c3=C12. The molecule has 2 heterocycles. The monoisotopic (exact) mass is 419 g/mol. The van der Waals surface area contributed by atoms with Crippen molar-refractivity contribution in [2.45, 2.75) is 58.9 Å². The van der Waals surface area contributed by atoms with Gasteiger partial charge in [0.1, 0.15) is 0 Å². The summed E-state index contributed by atoms with van der Waals surface area (Å²) in [6.07, 6.45) is 5.00. The summed E-state index contributed by atoms with van der Waals surface area (Å²) in [5, 5.41) is 3.84. The van der Waals surface area contributed by atoms with Gasteiger partial charge in [0.05, 0.1) is 14.0 Å². The standard InChI is InChI=1S/C25H27S2Si/c1-12-8-13(2)17-10-14(3)21(18(17)9-12)22-15(4)26-19-11-20-24(23(19)22)25(28(6)7)16(5)27-20/h8-11,19,21H,1-7H3. The van der Waals surface area contributed by atoms with Gasteiger partial charge in [0.25, 0.3) is 0 Å². The Kier molecular flexibility index (Phi) is 4.25. The molecule has 0 N–H and O–H groups in total. The van der Waals surface area contributed by atoms with E-state index in [-0.39, 0.29) is 0 Å². The van der Waals surface area contributed by atoms with E-state index in [4.69, 9.17) is 0 Å². The molecule has 3 aliphatic rings. The topological polar surface area (TPSA) is 0 Å². The fourth-order valence-electron chi connectivity index (χ4n) is 5.49. The first-order chi connectivity index (χ1) is 13.3. The van der Waals surface area contributed by atoms with Gasteiger partial charge < -0.3 is 0 Å². The van der Waals surface area contributed by atoms with Crippen LogP contribution in [0, 0.1) is 20.8 Å². The number of benzene rings is 1. The summed E-state index contributed by atoms with van der Waals surface area (Å²) in [5.74, 6) is 0.429. The van der Waals surface area contributed by atoms with E-state index in [2.05, 4.69) is 83.8 Å². The number of fused-ring (bicyclic) bond motifs is 3. The molecule has 2 atom stereocenters. The Balaban J connectivity index is 1.80. The third kappa shape index (κ3) is 2.49. The minimum absolute atomic E-state index is 0.429. The minimum Gasteiger partial charge on any atom is -0.141 e. The number of thiophene rings is 1. The molecule has 1 radical (unpaired) electrons. The van der Waals surface area contributed by atoms with Crippen LogP contribution in [0.4, 0.5) is 0 Å². The molecule has 1 aromatic carbocycles. The van der Waals surface area contributed by atoms with E-state index in [1.165, 1.54) is 37.3 Å². The largest absolute Gasteiger partial charge is 0.141 e. The van der Waals surface area contributed by atoms with Gasteiger partial charge in [-0.05, 0) is 83.8 Å². The molecule has 28 heavy (non-hydrogen) atoms. The minimum atomic E-state index is -0.488. The second kappa shape index (κ2) is 6.35. The van der Waals surface area contributed by atoms with Gasteiger partial charge in [0.2, 0.25) is 0 Å². The van der Waals surface area contributed by atoms with Crippen molar-refractivity contribution >= 4 is 54.8 Å². The van der Waals surface area contributed by atoms with Gasteiger partial charge in [-0.3, -0.25) is 0 Å². The maximum Gasteiger partial charge on any atom is 0.0814 e. The lowest BCUT2D eigenvalue weighted by Crippen LogP contribution is -2.42. The zero-order valence-electron chi connectivity index (χ0n) is 17.8. The third-order valence-electron chi connectivity index (χ3n) is 6.43. The van der Waals surface area contributed by atoms with Crippen LogP contribution < -0.4 is 14.9 Å². The van der Waals surface area contributed by atoms with Crippen molar-refractivity contribution in [3.05, 3.63) is 65.1 Å². The van der Waals surface area contributed by atoms with Crippen molar-refractivity contribution in [1.29, 1.82) is 0 Å². The number of aryl methyl sites for hydroxylation is 3. The molecule has 2 aliphatic carbocycles. The number of hydrogen-bond donors (Lipinski definition) is 0. The third-order valence-corrected chi connectivity index (χ3v) is 10.5. The predicted molar refractivity (Wildman–Crippen MR) is 130 cm³/mol. The quantitative estimate of drug-likeness (QED) is 0.605. The maximum atomic E-state index is 2.55. The summed E-state index contributed by atoms with van der Waals surface area (Å²) < 4.78 is 1.54. The lowest BCUT2D eigenvalue weighted by atomic mass is 9.82. The number of hydrogen-bond acceptors (Lipinski definition) is 2. The van der Waals surface area contributed by atoms with Gasteiger partial charge in [-0.1, -0.05) is 42.4 Å². The molecule has 0 bridgehead atoms. The second-order valence-corrected chi connectivity index (χ2v) is 13.9. The Hall–Kier alpha value is -1.29. The van der Waals surface area contributed by atoms with E-state index in [9.17, 15) is 0 Å². The molecular weight excluding hydrogens is 392 g/mol. The summed E-state index contributed by atoms with van der Waals surface area (Å²) in [5.41, 5.74) is 10.6. The van der Waals surface area contributed by atoms with E-state index < -0.39 is 8.80 Å². The van der Waals surface area contributed by atoms with Crippen molar-refractivity contribution in [1.82, 2.24) is 0 Å². The molecule has 143 valence electrons. The molecule has 2 unspecified atom stereocenters. The predicted octanol–water partition coefficient (Wildman–Crippen LogP) is 5.17. The Morgan fingerprint density at radius 2 is 1.71 bits per heavy atom. The molecule has 0 spiro atoms. The second-order valence-electron chi connectivity index (χ2n) is 8.77. The van der Waals surface area contributed by atoms with E-state index in [1.807, 2.05) is 11.3 Å². The molecule has 0 saturated carbocycles. The molecule has 1 aliphatic heterocycles. The molecule has 5 rings (SSSR count). The highest BCUT2D eigenvalue weighted by atomic mass is 32.2. The highest BCUT2D eigenvalue weighted by Gasteiger charge is 2.39. The lowest BCUT2D eigenvalue weighted by molar-refractivity contribution is 0.969. The van der Waals surface area contributed by atoms with Crippen LogP contribution in [-0.4, -0.2) is 14.0 Å². The molecular formula is C25H27S2Si. The zero-order valence-corrected chi connectivity index (χ0v) is 20.4. The Labute approximate surface area is 178 Å². The molecule has 2 aromatic rings. The maximum absolute atomic E-state index is 2.55. The molecule has 0 saturated heterocycles. The van der Waals surface area contributed by atoms with Crippen LogP contribution in [0.2, 0.25) is 13.1 Å². The lowest BCUT2D eigenvalue weighted by Gasteiger charge is -2.21. The van der Waals surface area contributed by atoms with Crippen LogP contribution in [0.5, 0.6) is 0 Å². The van der Waals surface area contributed by atoms with Crippen molar-refractivity contribution < 1.29 is 0 Å². The Bertz CT molecular complexity index is 1220. The Morgan fingerprint density at radius 1 is 0.964 bits per heavy atom. The molecule has 1 aromatic heterocycles. The smallest absolute Gasteiger partial charge is 0.0814 e. The van der Waals surface area contributed by atoms with Gasteiger partial charge in [0.15, 0.2) is 0 Å². The normalized spacial score (nSPS) is 22.6. The van der Waals surface area contributed by atoms with Crippen LogP contribution in [0.15, 0.2) is 28.2 Å². The van der Waals surface area contributed by atoms with Crippen molar-refractivity contribution in [3.8, 4) is 0 Å². The highest BCUT2D eigenvalue weighted by molar-refractivity contribution is 8.04. The first-order valence-corrected chi connectivity index (χ1v) is 14.3. The van der Waals surface area contributed by atoms with Gasteiger partial charge in [-0.25, -0.2) is 0 Å². The zero-order chi connectivity index (χ0) is 19.9. The molecule has 0 nitrogen and oxygen atoms in total. The number of thioether (sulfide) groups is 1. The van der Waals surface area contributed by atoms with E-state index in [1.54, 1.807) is 26.4 Å². The molecule has 0 amide bonds. The summed E-state index contributed by atoms with van der Waals surface area (Å²) >= 11 is 4.11. The summed E-state index contributed by atoms with van der Waals surface area (Å²) in [6, 6.07) is 4.77. The van der Waals surface area contributed by atoms with Crippen LogP contribution in [-0.2, 0) is 0 Å². The molecule has 3 heteroatoms. The highest BCUT2D eigenvalue weighted by Crippen LogP contribution is 2.54. The first-order valence-electron chi connectivity index (χ1n) is 10.1. The van der Waals surface area contributed by atoms with Gasteiger partial charge in [-0.15, -0.1) is 23.1 Å². The average molecular weight is 420 g/mol. The summed E-state index contributed by atoms with van der Waals surface area (Å²) in [4.78, 5) is 3.08. The Morgan fingerprint density at radius 3 is 2.43 bits per heavy atom. The first kappa shape index (κ1) is 18.7. The van der Waals surface area contributed by atoms with Crippen LogP contribution in [0.25, 0.3) is 17.7 Å². The van der Waals surface area contributed by atoms with Crippen LogP contribution in [0.1, 0.15) is 46.9 Å². The summed E-state index contributed by atoms with van der Waals surface area (Å²) in [6.45, 7) is 16.4.